The predicted octanol–water partition coefficient (Wildman–Crippen LogP) is 1.80. The largest absolute Gasteiger partial charge is 0.493 e. The monoisotopic (exact) mass is 237 g/mol. The maximum Gasteiger partial charge on any atom is 0.168 e. The average molecular weight is 237 g/mol. The number of pyridine rings is 1. The smallest absolute Gasteiger partial charge is 0.168 e. The van der Waals surface area contributed by atoms with Crippen LogP contribution >= 0.6 is 0 Å². The second kappa shape index (κ2) is 5.03. The number of aromatic nitrogens is 1. The van der Waals surface area contributed by atoms with Gasteiger partial charge >= 0.3 is 0 Å². The Labute approximate surface area is 99.9 Å². The summed E-state index contributed by atoms with van der Waals surface area (Å²) in [5.74, 6) is 1.34. The van der Waals surface area contributed by atoms with Gasteiger partial charge in [-0.05, 0) is 11.6 Å². The van der Waals surface area contributed by atoms with Crippen LogP contribution in [-0.2, 0) is 0 Å². The highest BCUT2D eigenvalue weighted by Gasteiger charge is 2.16. The zero-order chi connectivity index (χ0) is 12.3. The van der Waals surface area contributed by atoms with Crippen LogP contribution in [0.2, 0.25) is 0 Å². The maximum atomic E-state index is 13.3. The first-order valence-corrected chi connectivity index (χ1v) is 5.53. The predicted molar refractivity (Wildman–Crippen MR) is 65.8 cm³/mol. The van der Waals surface area contributed by atoms with E-state index < -0.39 is 6.17 Å². The summed E-state index contributed by atoms with van der Waals surface area (Å²) in [4.78, 5) is 4.24. The highest BCUT2D eigenvalue weighted by atomic mass is 19.1. The number of allylic oxidation sites excluding steroid dienone is 1. The molecule has 0 fully saturated rings. The van der Waals surface area contributed by atoms with Gasteiger partial charge in [0.05, 0.1) is 7.11 Å². The van der Waals surface area contributed by atoms with Gasteiger partial charge in [0.15, 0.2) is 11.6 Å². The number of rotatable bonds is 3. The molecule has 17 heavy (non-hydrogen) atoms. The Bertz CT molecular complexity index is 434. The highest BCUT2D eigenvalue weighted by molar-refractivity contribution is 5.69. The van der Waals surface area contributed by atoms with Crippen LogP contribution in [0.3, 0.4) is 0 Å². The third-order valence-corrected chi connectivity index (χ3v) is 2.74. The fourth-order valence-corrected chi connectivity index (χ4v) is 1.84. The maximum absolute atomic E-state index is 13.3. The lowest BCUT2D eigenvalue weighted by atomic mass is 10.0. The van der Waals surface area contributed by atoms with Gasteiger partial charge in [0.1, 0.15) is 6.17 Å². The summed E-state index contributed by atoms with van der Waals surface area (Å²) >= 11 is 0. The topological polar surface area (TPSA) is 46.2 Å². The SMILES string of the molecule is CNc1ncc(C2=CNCC(F)C2)cc1OC. The summed E-state index contributed by atoms with van der Waals surface area (Å²) in [6, 6.07) is 1.87. The molecule has 1 aromatic rings. The van der Waals surface area contributed by atoms with Crippen LogP contribution in [0.1, 0.15) is 12.0 Å². The molecule has 0 amide bonds. The standard InChI is InChI=1S/C12H16FN3O/c1-14-12-11(17-2)4-9(6-16-12)8-3-10(13)7-15-5-8/h4-6,10,15H,3,7H2,1-2H3,(H,14,16). The minimum Gasteiger partial charge on any atom is -0.493 e. The number of halogens is 1. The van der Waals surface area contributed by atoms with Crippen molar-refractivity contribution < 1.29 is 9.13 Å². The van der Waals surface area contributed by atoms with Crippen LogP contribution in [0.4, 0.5) is 10.2 Å². The van der Waals surface area contributed by atoms with Gasteiger partial charge < -0.3 is 15.4 Å². The number of alkyl halides is 1. The first-order valence-electron chi connectivity index (χ1n) is 5.53. The Kier molecular flexibility index (Phi) is 3.46. The Morgan fingerprint density at radius 2 is 2.41 bits per heavy atom. The van der Waals surface area contributed by atoms with Gasteiger partial charge in [-0.25, -0.2) is 9.37 Å². The summed E-state index contributed by atoms with van der Waals surface area (Å²) in [6.07, 6.45) is 3.13. The molecule has 5 heteroatoms. The van der Waals surface area contributed by atoms with Crippen molar-refractivity contribution in [3.8, 4) is 5.75 Å². The van der Waals surface area contributed by atoms with Crippen LogP contribution in [0.15, 0.2) is 18.5 Å². The van der Waals surface area contributed by atoms with Crippen molar-refractivity contribution in [1.82, 2.24) is 10.3 Å². The molecule has 1 unspecified atom stereocenters. The first kappa shape index (κ1) is 11.7. The molecule has 2 N–H and O–H groups in total. The third-order valence-electron chi connectivity index (χ3n) is 2.74. The summed E-state index contributed by atoms with van der Waals surface area (Å²) in [7, 11) is 3.37. The van der Waals surface area contributed by atoms with E-state index in [2.05, 4.69) is 15.6 Å². The fraction of sp³-hybridized carbons (Fsp3) is 0.417. The Hall–Kier alpha value is -1.78. The Balaban J connectivity index is 2.30. The van der Waals surface area contributed by atoms with Crippen molar-refractivity contribution in [2.24, 2.45) is 0 Å². The molecule has 0 spiro atoms. The lowest BCUT2D eigenvalue weighted by Gasteiger charge is -2.18. The number of anilines is 1. The van der Waals surface area contributed by atoms with Crippen LogP contribution in [0.25, 0.3) is 5.57 Å². The van der Waals surface area contributed by atoms with Gasteiger partial charge in [-0.1, -0.05) is 0 Å². The molecule has 0 aromatic carbocycles. The van der Waals surface area contributed by atoms with Crippen LogP contribution in [-0.4, -0.2) is 31.9 Å². The molecule has 2 rings (SSSR count). The van der Waals surface area contributed by atoms with Crippen molar-refractivity contribution in [2.75, 3.05) is 26.0 Å². The van der Waals surface area contributed by atoms with E-state index in [9.17, 15) is 4.39 Å². The molecule has 1 aliphatic heterocycles. The third kappa shape index (κ3) is 2.49. The molecule has 0 saturated carbocycles. The van der Waals surface area contributed by atoms with Crippen LogP contribution < -0.4 is 15.4 Å². The Morgan fingerprint density at radius 3 is 3.06 bits per heavy atom. The van der Waals surface area contributed by atoms with Gasteiger partial charge in [0.2, 0.25) is 0 Å². The van der Waals surface area contributed by atoms with E-state index in [1.807, 2.05) is 12.3 Å². The van der Waals surface area contributed by atoms with Gasteiger partial charge in [0, 0.05) is 38.0 Å². The summed E-state index contributed by atoms with van der Waals surface area (Å²) in [5, 5.41) is 5.87. The van der Waals surface area contributed by atoms with Crippen molar-refractivity contribution in [3.05, 3.63) is 24.0 Å². The van der Waals surface area contributed by atoms with Gasteiger partial charge in [-0.2, -0.15) is 0 Å². The quantitative estimate of drug-likeness (QED) is 0.841. The summed E-state index contributed by atoms with van der Waals surface area (Å²) in [5.41, 5.74) is 1.80. The number of hydrogen-bond acceptors (Lipinski definition) is 4. The molecular formula is C12H16FN3O. The molecule has 92 valence electrons. The molecule has 1 aliphatic rings. The molecule has 4 nitrogen and oxygen atoms in total. The first-order chi connectivity index (χ1) is 8.24. The average Bonchev–Trinajstić information content (AvgIpc) is 2.38. The van der Waals surface area contributed by atoms with E-state index in [-0.39, 0.29) is 0 Å². The van der Waals surface area contributed by atoms with Crippen LogP contribution in [0, 0.1) is 0 Å². The number of nitrogens with one attached hydrogen (secondary N) is 2. The van der Waals surface area contributed by atoms with E-state index >= 15 is 0 Å². The zero-order valence-electron chi connectivity index (χ0n) is 9.96. The molecule has 0 radical (unpaired) electrons. The van der Waals surface area contributed by atoms with E-state index in [4.69, 9.17) is 4.74 Å². The van der Waals surface area contributed by atoms with Crippen molar-refractivity contribution in [2.45, 2.75) is 12.6 Å². The Morgan fingerprint density at radius 1 is 1.59 bits per heavy atom. The lowest BCUT2D eigenvalue weighted by Crippen LogP contribution is -2.24. The number of methoxy groups -OCH3 is 1. The molecule has 1 atom stereocenters. The molecule has 2 heterocycles. The van der Waals surface area contributed by atoms with E-state index in [1.165, 1.54) is 0 Å². The lowest BCUT2D eigenvalue weighted by molar-refractivity contribution is 0.328. The summed E-state index contributed by atoms with van der Waals surface area (Å²) < 4.78 is 18.5. The van der Waals surface area contributed by atoms with Crippen molar-refractivity contribution in [1.29, 1.82) is 0 Å². The van der Waals surface area contributed by atoms with Crippen molar-refractivity contribution in [3.63, 3.8) is 0 Å². The molecule has 0 saturated heterocycles. The molecular weight excluding hydrogens is 221 g/mol. The minimum atomic E-state index is -0.843. The second-order valence-electron chi connectivity index (χ2n) is 3.90. The highest BCUT2D eigenvalue weighted by Crippen LogP contribution is 2.29. The summed E-state index contributed by atoms with van der Waals surface area (Å²) in [6.45, 7) is 0.378. The normalized spacial score (nSPS) is 19.2. The van der Waals surface area contributed by atoms with E-state index in [0.29, 0.717) is 24.5 Å². The number of hydrogen-bond donors (Lipinski definition) is 2. The van der Waals surface area contributed by atoms with E-state index in [1.54, 1.807) is 20.4 Å². The minimum absolute atomic E-state index is 0.378. The molecule has 0 aliphatic carbocycles. The fourth-order valence-electron chi connectivity index (χ4n) is 1.84. The molecule has 0 bridgehead atoms. The van der Waals surface area contributed by atoms with E-state index in [0.717, 1.165) is 11.1 Å². The number of nitrogens with zero attached hydrogens (tertiary/aromatic N) is 1. The van der Waals surface area contributed by atoms with Gasteiger partial charge in [0.25, 0.3) is 0 Å². The van der Waals surface area contributed by atoms with Gasteiger partial charge in [-0.15, -0.1) is 0 Å². The van der Waals surface area contributed by atoms with Crippen LogP contribution in [0.5, 0.6) is 5.75 Å². The number of ether oxygens (including phenoxy) is 1. The second-order valence-corrected chi connectivity index (χ2v) is 3.90. The molecule has 1 aromatic heterocycles. The van der Waals surface area contributed by atoms with Gasteiger partial charge in [-0.3, -0.25) is 0 Å². The van der Waals surface area contributed by atoms with Crippen molar-refractivity contribution >= 4 is 11.4 Å². The zero-order valence-corrected chi connectivity index (χ0v) is 9.96.